The lowest BCUT2D eigenvalue weighted by atomic mass is 9.72. The van der Waals surface area contributed by atoms with Gasteiger partial charge in [-0.2, -0.15) is 0 Å². The number of fused-ring (bicyclic) bond motifs is 3. The normalized spacial score (nSPS) is 26.9. The molecule has 2 aromatic carbocycles. The summed E-state index contributed by atoms with van der Waals surface area (Å²) in [5.74, 6) is -2.44. The minimum Gasteiger partial charge on any atom is -0.490 e. The molecule has 0 spiro atoms. The molecule has 4 nitrogen and oxygen atoms in total. The second-order valence-corrected chi connectivity index (χ2v) is 9.86. The Hall–Kier alpha value is -1.70. The van der Waals surface area contributed by atoms with Gasteiger partial charge in [-0.15, -0.1) is 0 Å². The van der Waals surface area contributed by atoms with E-state index >= 15 is 0 Å². The first kappa shape index (κ1) is 19.6. The molecule has 3 atom stereocenters. The Morgan fingerprint density at radius 3 is 2.50 bits per heavy atom. The Bertz CT molecular complexity index is 1010. The van der Waals surface area contributed by atoms with E-state index < -0.39 is 32.1 Å². The van der Waals surface area contributed by atoms with Gasteiger partial charge >= 0.3 is 0 Å². The molecular weight excluding hydrogens is 410 g/mol. The fourth-order valence-corrected chi connectivity index (χ4v) is 7.01. The van der Waals surface area contributed by atoms with E-state index in [0.717, 1.165) is 12.1 Å². The van der Waals surface area contributed by atoms with Gasteiger partial charge in [-0.25, -0.2) is 17.2 Å². The maximum absolute atomic E-state index is 15.0. The van der Waals surface area contributed by atoms with Gasteiger partial charge in [0.1, 0.15) is 10.6 Å². The van der Waals surface area contributed by atoms with Gasteiger partial charge in [-0.05, 0) is 55.7 Å². The van der Waals surface area contributed by atoms with Gasteiger partial charge < -0.3 is 9.47 Å². The summed E-state index contributed by atoms with van der Waals surface area (Å²) in [6.45, 7) is -0.0277. The van der Waals surface area contributed by atoms with E-state index in [1.165, 1.54) is 24.3 Å². The van der Waals surface area contributed by atoms with E-state index in [0.29, 0.717) is 17.9 Å². The third kappa shape index (κ3) is 2.75. The summed E-state index contributed by atoms with van der Waals surface area (Å²) in [6, 6.07) is 7.67. The molecule has 1 aliphatic carbocycles. The molecule has 150 valence electrons. The molecule has 0 radical (unpaired) electrons. The Balaban J connectivity index is 1.99. The zero-order valence-corrected chi connectivity index (χ0v) is 16.7. The van der Waals surface area contributed by atoms with Crippen LogP contribution in [0.4, 0.5) is 8.78 Å². The van der Waals surface area contributed by atoms with Gasteiger partial charge in [0.15, 0.2) is 21.4 Å². The minimum absolute atomic E-state index is 0.0225. The zero-order chi connectivity index (χ0) is 20.1. The van der Waals surface area contributed by atoms with Crippen LogP contribution >= 0.6 is 11.6 Å². The molecule has 0 unspecified atom stereocenters. The minimum atomic E-state index is -4.09. The van der Waals surface area contributed by atoms with Crippen LogP contribution in [0.15, 0.2) is 41.3 Å². The van der Waals surface area contributed by atoms with E-state index in [2.05, 4.69) is 0 Å². The number of halogens is 3. The molecule has 1 heterocycles. The molecule has 0 bridgehead atoms. The third-order valence-electron chi connectivity index (χ3n) is 5.89. The summed E-state index contributed by atoms with van der Waals surface area (Å²) in [6.07, 6.45) is 0.728. The molecular formula is C20H19ClF2O4S. The molecule has 0 amide bonds. The second-order valence-electron chi connectivity index (χ2n) is 7.22. The quantitative estimate of drug-likeness (QED) is 0.722. The predicted molar refractivity (Wildman–Crippen MR) is 100 cm³/mol. The largest absolute Gasteiger partial charge is 0.490 e. The van der Waals surface area contributed by atoms with E-state index in [1.807, 2.05) is 0 Å². The first-order valence-electron chi connectivity index (χ1n) is 8.95. The molecule has 28 heavy (non-hydrogen) atoms. The van der Waals surface area contributed by atoms with Crippen LogP contribution in [-0.4, -0.2) is 28.2 Å². The van der Waals surface area contributed by atoms with Crippen LogP contribution in [0.5, 0.6) is 5.75 Å². The lowest BCUT2D eigenvalue weighted by Crippen LogP contribution is -2.53. The summed E-state index contributed by atoms with van der Waals surface area (Å²) in [7, 11) is -2.53. The topological polar surface area (TPSA) is 52.6 Å². The van der Waals surface area contributed by atoms with Crippen molar-refractivity contribution in [3.05, 3.63) is 58.6 Å². The monoisotopic (exact) mass is 428 g/mol. The standard InChI is InChI=1S/C20H19ClF2O4S/c1-26-14-8-9-20(28(24,25)15-4-2-13(21)3-5-15)12(10-14)11-27-19-17(23)7-6-16(22)18(19)20/h2-7,12,14H,8-11H2,1H3/t12-,14-,20+/m1/s1. The van der Waals surface area contributed by atoms with E-state index in [-0.39, 0.29) is 35.3 Å². The molecule has 0 N–H and O–H groups in total. The fourth-order valence-electron chi connectivity index (χ4n) is 4.52. The molecule has 1 aliphatic heterocycles. The van der Waals surface area contributed by atoms with Crippen LogP contribution in [0.3, 0.4) is 0 Å². The fraction of sp³-hybridized carbons (Fsp3) is 0.400. The third-order valence-corrected chi connectivity index (χ3v) is 8.74. The first-order chi connectivity index (χ1) is 13.3. The molecule has 2 aliphatic rings. The van der Waals surface area contributed by atoms with Crippen molar-refractivity contribution in [2.45, 2.75) is 35.0 Å². The highest BCUT2D eigenvalue weighted by Gasteiger charge is 2.59. The number of hydrogen-bond acceptors (Lipinski definition) is 4. The van der Waals surface area contributed by atoms with Crippen molar-refractivity contribution in [2.75, 3.05) is 13.7 Å². The van der Waals surface area contributed by atoms with Crippen molar-refractivity contribution in [3.63, 3.8) is 0 Å². The highest BCUT2D eigenvalue weighted by Crippen LogP contribution is 2.56. The molecule has 0 aromatic heterocycles. The summed E-state index contributed by atoms with van der Waals surface area (Å²) in [4.78, 5) is 0.0225. The molecule has 8 heteroatoms. The lowest BCUT2D eigenvalue weighted by molar-refractivity contribution is 0.0106. The van der Waals surface area contributed by atoms with Gasteiger partial charge in [-0.3, -0.25) is 0 Å². The molecule has 4 rings (SSSR count). The zero-order valence-electron chi connectivity index (χ0n) is 15.1. The van der Waals surface area contributed by atoms with Crippen molar-refractivity contribution in [1.29, 1.82) is 0 Å². The molecule has 0 saturated heterocycles. The van der Waals surface area contributed by atoms with Crippen LogP contribution in [0, 0.1) is 17.6 Å². The van der Waals surface area contributed by atoms with Crippen molar-refractivity contribution >= 4 is 21.4 Å². The second kappa shape index (κ2) is 6.97. The van der Waals surface area contributed by atoms with E-state index in [1.54, 1.807) is 7.11 Å². The Morgan fingerprint density at radius 2 is 1.82 bits per heavy atom. The van der Waals surface area contributed by atoms with Gasteiger partial charge in [0, 0.05) is 18.1 Å². The van der Waals surface area contributed by atoms with Gasteiger partial charge in [0.25, 0.3) is 0 Å². The van der Waals surface area contributed by atoms with Crippen LogP contribution in [-0.2, 0) is 19.3 Å². The number of methoxy groups -OCH3 is 1. The van der Waals surface area contributed by atoms with Crippen molar-refractivity contribution in [3.8, 4) is 5.75 Å². The number of ether oxygens (including phenoxy) is 2. The van der Waals surface area contributed by atoms with Gasteiger partial charge in [0.05, 0.1) is 23.2 Å². The Kier molecular flexibility index (Phi) is 4.88. The molecule has 1 fully saturated rings. The molecule has 1 saturated carbocycles. The Labute approximate surface area is 167 Å². The smallest absolute Gasteiger partial charge is 0.188 e. The highest BCUT2D eigenvalue weighted by molar-refractivity contribution is 7.92. The predicted octanol–water partition coefficient (Wildman–Crippen LogP) is 4.49. The Morgan fingerprint density at radius 1 is 1.14 bits per heavy atom. The summed E-state index contributed by atoms with van der Waals surface area (Å²) in [5.41, 5.74) is -0.215. The van der Waals surface area contributed by atoms with Crippen LogP contribution < -0.4 is 4.74 Å². The SMILES string of the molecule is CO[C@@H]1CC[C@@]2(S(=O)(=O)c3ccc(Cl)cc3)c3c(F)ccc(F)c3OC[C@H]2C1. The summed E-state index contributed by atoms with van der Waals surface area (Å²) >= 11 is 5.91. The lowest BCUT2D eigenvalue weighted by Gasteiger charge is -2.48. The van der Waals surface area contributed by atoms with Crippen molar-refractivity contribution < 1.29 is 26.7 Å². The van der Waals surface area contributed by atoms with E-state index in [9.17, 15) is 17.2 Å². The number of rotatable bonds is 3. The van der Waals surface area contributed by atoms with Crippen molar-refractivity contribution in [1.82, 2.24) is 0 Å². The maximum atomic E-state index is 15.0. The van der Waals surface area contributed by atoms with E-state index in [4.69, 9.17) is 21.1 Å². The van der Waals surface area contributed by atoms with Gasteiger partial charge in [0.2, 0.25) is 0 Å². The summed E-state index contributed by atoms with van der Waals surface area (Å²) in [5, 5.41) is 0.390. The number of hydrogen-bond donors (Lipinski definition) is 0. The van der Waals surface area contributed by atoms with Crippen LogP contribution in [0.2, 0.25) is 5.02 Å². The average Bonchev–Trinajstić information content (AvgIpc) is 2.69. The summed E-state index contributed by atoms with van der Waals surface area (Å²) < 4.78 is 66.4. The molecule has 2 aromatic rings. The van der Waals surface area contributed by atoms with Crippen LogP contribution in [0.25, 0.3) is 0 Å². The highest BCUT2D eigenvalue weighted by atomic mass is 35.5. The van der Waals surface area contributed by atoms with Gasteiger partial charge in [-0.1, -0.05) is 11.6 Å². The van der Waals surface area contributed by atoms with Crippen molar-refractivity contribution in [2.24, 2.45) is 5.92 Å². The average molecular weight is 429 g/mol. The number of benzene rings is 2. The maximum Gasteiger partial charge on any atom is 0.188 e. The number of sulfone groups is 1. The van der Waals surface area contributed by atoms with Crippen LogP contribution in [0.1, 0.15) is 24.8 Å². The first-order valence-corrected chi connectivity index (χ1v) is 10.8.